The first kappa shape index (κ1) is 25.3. The fraction of sp³-hybridized carbons (Fsp3) is 0.478. The zero-order valence-electron chi connectivity index (χ0n) is 18.2. The molecule has 1 unspecified atom stereocenters. The first-order valence-corrected chi connectivity index (χ1v) is 14.2. The number of halogens is 1. The number of aliphatic imine (C=N–C) groups is 1. The maximum absolute atomic E-state index is 12.6. The van der Waals surface area contributed by atoms with Crippen molar-refractivity contribution in [1.82, 2.24) is 4.90 Å². The number of carbonyl (C=O) groups excluding carboxylic acids is 1. The van der Waals surface area contributed by atoms with Gasteiger partial charge in [-0.1, -0.05) is 34.1 Å². The van der Waals surface area contributed by atoms with Crippen molar-refractivity contribution in [3.8, 4) is 0 Å². The van der Waals surface area contributed by atoms with Crippen LogP contribution in [0.5, 0.6) is 0 Å². The smallest absolute Gasteiger partial charge is 0.222 e. The monoisotopic (exact) mass is 510 g/mol. The van der Waals surface area contributed by atoms with Crippen molar-refractivity contribution in [2.45, 2.75) is 37.4 Å². The van der Waals surface area contributed by atoms with Crippen molar-refractivity contribution in [3.05, 3.63) is 46.7 Å². The lowest BCUT2D eigenvalue weighted by Gasteiger charge is -2.36. The second-order valence-electron chi connectivity index (χ2n) is 7.93. The van der Waals surface area contributed by atoms with Crippen LogP contribution in [0.4, 0.5) is 11.4 Å². The second-order valence-corrected chi connectivity index (χ2v) is 11.7. The largest absolute Gasteiger partial charge is 0.383 e. The molecule has 2 aliphatic heterocycles. The molecule has 1 aromatic heterocycles. The van der Waals surface area contributed by atoms with E-state index in [1.165, 1.54) is 30.7 Å². The number of piperazine rings is 1. The standard InChI is InChI=1S/C23H30N4OS3.ClH/c24-23(21-5-3-16-29-21)25-18-7-9-19(10-8-18)26-12-14-27(15-13-26)22(28)6-2-1-4-20-11-17-30-31-20;/h3,5,7-10,16,20H,1-2,4,6,11-15,17H2,(H2,24,25);1H. The summed E-state index contributed by atoms with van der Waals surface area (Å²) in [6.45, 7) is 3.36. The predicted octanol–water partition coefficient (Wildman–Crippen LogP) is 5.57. The Morgan fingerprint density at radius 1 is 1.09 bits per heavy atom. The second kappa shape index (κ2) is 12.8. The summed E-state index contributed by atoms with van der Waals surface area (Å²) in [6, 6.07) is 12.2. The zero-order valence-corrected chi connectivity index (χ0v) is 21.4. The van der Waals surface area contributed by atoms with Crippen LogP contribution >= 0.6 is 45.3 Å². The minimum atomic E-state index is 0. The van der Waals surface area contributed by atoms with Crippen LogP contribution in [0.3, 0.4) is 0 Å². The maximum Gasteiger partial charge on any atom is 0.222 e. The number of carbonyl (C=O) groups is 1. The summed E-state index contributed by atoms with van der Waals surface area (Å²) in [4.78, 5) is 22.4. The van der Waals surface area contributed by atoms with Gasteiger partial charge in [0.1, 0.15) is 5.84 Å². The van der Waals surface area contributed by atoms with E-state index in [2.05, 4.69) is 22.0 Å². The highest BCUT2D eigenvalue weighted by molar-refractivity contribution is 8.77. The average molecular weight is 511 g/mol. The van der Waals surface area contributed by atoms with Gasteiger partial charge in [0, 0.05) is 49.3 Å². The third-order valence-electron chi connectivity index (χ3n) is 5.76. The molecular weight excluding hydrogens is 480 g/mol. The van der Waals surface area contributed by atoms with Gasteiger partial charge in [-0.05, 0) is 55.0 Å². The molecule has 3 heterocycles. The Hall–Kier alpha value is -1.35. The van der Waals surface area contributed by atoms with Gasteiger partial charge >= 0.3 is 0 Å². The topological polar surface area (TPSA) is 61.9 Å². The molecule has 9 heteroatoms. The van der Waals surface area contributed by atoms with Crippen LogP contribution in [-0.2, 0) is 4.79 Å². The van der Waals surface area contributed by atoms with Crippen molar-refractivity contribution < 1.29 is 4.79 Å². The lowest BCUT2D eigenvalue weighted by atomic mass is 10.1. The Morgan fingerprint density at radius 3 is 2.53 bits per heavy atom. The third-order valence-corrected chi connectivity index (χ3v) is 9.66. The zero-order chi connectivity index (χ0) is 21.5. The highest BCUT2D eigenvalue weighted by Crippen LogP contribution is 2.39. The Bertz CT molecular complexity index is 862. The molecular formula is C23H31ClN4OS3. The van der Waals surface area contributed by atoms with Gasteiger partial charge < -0.3 is 15.5 Å². The van der Waals surface area contributed by atoms with Crippen LogP contribution in [0.2, 0.25) is 0 Å². The van der Waals surface area contributed by atoms with E-state index in [0.717, 1.165) is 48.4 Å². The fourth-order valence-corrected chi connectivity index (χ4v) is 7.60. The van der Waals surface area contributed by atoms with Gasteiger partial charge in [-0.25, -0.2) is 4.99 Å². The molecule has 4 rings (SSSR count). The summed E-state index contributed by atoms with van der Waals surface area (Å²) >= 11 is 1.59. The highest BCUT2D eigenvalue weighted by Gasteiger charge is 2.21. The average Bonchev–Trinajstić information content (AvgIpc) is 3.52. The number of amides is 1. The summed E-state index contributed by atoms with van der Waals surface area (Å²) < 4.78 is 0. The SMILES string of the molecule is Cl.N/C(=N\c1ccc(N2CCN(C(=O)CCCCC3CCSS3)CC2)cc1)c1cccs1. The first-order chi connectivity index (χ1) is 15.2. The Balaban J connectivity index is 0.00000289. The number of anilines is 1. The van der Waals surface area contributed by atoms with Crippen LogP contribution in [0, 0.1) is 0 Å². The molecule has 174 valence electrons. The van der Waals surface area contributed by atoms with Gasteiger partial charge in [-0.15, -0.1) is 23.7 Å². The molecule has 0 radical (unpaired) electrons. The Morgan fingerprint density at radius 2 is 1.88 bits per heavy atom. The molecule has 1 aromatic carbocycles. The number of nitrogens with two attached hydrogens (primary N) is 1. The Kier molecular flexibility index (Phi) is 10.1. The fourth-order valence-electron chi connectivity index (χ4n) is 3.94. The predicted molar refractivity (Wildman–Crippen MR) is 144 cm³/mol. The van der Waals surface area contributed by atoms with E-state index in [0.29, 0.717) is 18.2 Å². The summed E-state index contributed by atoms with van der Waals surface area (Å²) in [5, 5.41) is 2.81. The van der Waals surface area contributed by atoms with Crippen LogP contribution in [0.1, 0.15) is 37.0 Å². The molecule has 0 aliphatic carbocycles. The van der Waals surface area contributed by atoms with E-state index in [1.807, 2.05) is 56.1 Å². The number of hydrogen-bond acceptors (Lipinski definition) is 6. The molecule has 32 heavy (non-hydrogen) atoms. The summed E-state index contributed by atoms with van der Waals surface area (Å²) in [5.41, 5.74) is 8.11. The van der Waals surface area contributed by atoms with E-state index in [4.69, 9.17) is 5.73 Å². The summed E-state index contributed by atoms with van der Waals surface area (Å²) in [6.07, 6.45) is 5.49. The minimum absolute atomic E-state index is 0. The molecule has 1 atom stereocenters. The van der Waals surface area contributed by atoms with Crippen LogP contribution < -0.4 is 10.6 Å². The molecule has 2 fully saturated rings. The molecule has 2 saturated heterocycles. The van der Waals surface area contributed by atoms with Gasteiger partial charge in [0.2, 0.25) is 5.91 Å². The number of benzene rings is 1. The first-order valence-electron chi connectivity index (χ1n) is 11.0. The van der Waals surface area contributed by atoms with E-state index in [1.54, 1.807) is 11.3 Å². The van der Waals surface area contributed by atoms with Gasteiger partial charge in [0.15, 0.2) is 0 Å². The van der Waals surface area contributed by atoms with Crippen molar-refractivity contribution >= 4 is 68.4 Å². The molecule has 0 spiro atoms. The number of amidine groups is 1. The number of thiophene rings is 1. The minimum Gasteiger partial charge on any atom is -0.383 e. The van der Waals surface area contributed by atoms with E-state index in [9.17, 15) is 4.79 Å². The van der Waals surface area contributed by atoms with E-state index < -0.39 is 0 Å². The summed E-state index contributed by atoms with van der Waals surface area (Å²) in [5.74, 6) is 2.16. The van der Waals surface area contributed by atoms with E-state index >= 15 is 0 Å². The number of unbranched alkanes of at least 4 members (excludes halogenated alkanes) is 1. The molecule has 2 aliphatic rings. The molecule has 5 nitrogen and oxygen atoms in total. The number of nitrogens with zero attached hydrogens (tertiary/aromatic N) is 3. The molecule has 0 bridgehead atoms. The normalized spacial score (nSPS) is 19.1. The molecule has 2 N–H and O–H groups in total. The maximum atomic E-state index is 12.6. The van der Waals surface area contributed by atoms with Crippen molar-refractivity contribution in [2.75, 3.05) is 36.8 Å². The third kappa shape index (κ3) is 7.07. The quantitative estimate of drug-likeness (QED) is 0.218. The van der Waals surface area contributed by atoms with Crippen molar-refractivity contribution in [3.63, 3.8) is 0 Å². The highest BCUT2D eigenvalue weighted by atomic mass is 35.5. The van der Waals surface area contributed by atoms with E-state index in [-0.39, 0.29) is 12.4 Å². The number of hydrogen-bond donors (Lipinski definition) is 1. The lowest BCUT2D eigenvalue weighted by molar-refractivity contribution is -0.131. The van der Waals surface area contributed by atoms with Crippen LogP contribution in [0.25, 0.3) is 0 Å². The van der Waals surface area contributed by atoms with Crippen molar-refractivity contribution in [2.24, 2.45) is 10.7 Å². The molecule has 0 saturated carbocycles. The van der Waals surface area contributed by atoms with Crippen LogP contribution in [-0.4, -0.2) is 53.8 Å². The van der Waals surface area contributed by atoms with Crippen molar-refractivity contribution in [1.29, 1.82) is 0 Å². The van der Waals surface area contributed by atoms with Gasteiger partial charge in [0.25, 0.3) is 0 Å². The van der Waals surface area contributed by atoms with Crippen LogP contribution in [0.15, 0.2) is 46.8 Å². The Labute approximate surface area is 209 Å². The summed E-state index contributed by atoms with van der Waals surface area (Å²) in [7, 11) is 4.03. The number of rotatable bonds is 8. The lowest BCUT2D eigenvalue weighted by Crippen LogP contribution is -2.48. The molecule has 2 aromatic rings. The van der Waals surface area contributed by atoms with Gasteiger partial charge in [-0.3, -0.25) is 4.79 Å². The van der Waals surface area contributed by atoms with Gasteiger partial charge in [-0.2, -0.15) is 0 Å². The molecule has 1 amide bonds. The van der Waals surface area contributed by atoms with Gasteiger partial charge in [0.05, 0.1) is 10.6 Å².